The summed E-state index contributed by atoms with van der Waals surface area (Å²) < 4.78 is 0. The van der Waals surface area contributed by atoms with Crippen LogP contribution in [-0.2, 0) is 9.59 Å². The maximum Gasteiger partial charge on any atom is 0.246 e. The van der Waals surface area contributed by atoms with Crippen LogP contribution < -0.4 is 5.32 Å². The zero-order valence-corrected chi connectivity index (χ0v) is 12.2. The Hall–Kier alpha value is -1.06. The number of amides is 2. The van der Waals surface area contributed by atoms with Crippen LogP contribution >= 0.6 is 0 Å². The van der Waals surface area contributed by atoms with Crippen molar-refractivity contribution in [1.82, 2.24) is 10.2 Å². The summed E-state index contributed by atoms with van der Waals surface area (Å²) in [6.45, 7) is 10.0. The van der Waals surface area contributed by atoms with E-state index in [0.717, 1.165) is 19.3 Å². The first kappa shape index (κ1) is 15.0. The van der Waals surface area contributed by atoms with Gasteiger partial charge in [-0.2, -0.15) is 0 Å². The highest BCUT2D eigenvalue weighted by atomic mass is 16.2. The first-order valence-corrected chi connectivity index (χ1v) is 7.10. The monoisotopic (exact) mass is 254 g/mol. The van der Waals surface area contributed by atoms with Gasteiger partial charge < -0.3 is 10.2 Å². The predicted molar refractivity (Wildman–Crippen MR) is 72.1 cm³/mol. The first-order valence-electron chi connectivity index (χ1n) is 7.10. The van der Waals surface area contributed by atoms with Gasteiger partial charge in [-0.3, -0.25) is 9.59 Å². The Morgan fingerprint density at radius 2 is 1.72 bits per heavy atom. The van der Waals surface area contributed by atoms with Crippen molar-refractivity contribution in [2.45, 2.75) is 72.0 Å². The SMILES string of the molecule is CCC(C)C1NC(=O)C(C)N(C(CC)CC)C1=O. The summed E-state index contributed by atoms with van der Waals surface area (Å²) in [6, 6.07) is -0.521. The van der Waals surface area contributed by atoms with Crippen molar-refractivity contribution in [3.05, 3.63) is 0 Å². The summed E-state index contributed by atoms with van der Waals surface area (Å²) in [5, 5.41) is 2.87. The van der Waals surface area contributed by atoms with Crippen LogP contribution in [0.3, 0.4) is 0 Å². The maximum absolute atomic E-state index is 12.6. The van der Waals surface area contributed by atoms with Gasteiger partial charge in [0.1, 0.15) is 12.1 Å². The first-order chi connectivity index (χ1) is 8.47. The zero-order valence-electron chi connectivity index (χ0n) is 12.2. The van der Waals surface area contributed by atoms with Crippen molar-refractivity contribution in [2.24, 2.45) is 5.92 Å². The third-order valence-electron chi connectivity index (χ3n) is 4.16. The summed E-state index contributed by atoms with van der Waals surface area (Å²) in [5.74, 6) is 0.253. The highest BCUT2D eigenvalue weighted by Crippen LogP contribution is 2.22. The fourth-order valence-corrected chi connectivity index (χ4v) is 2.61. The molecule has 0 aromatic rings. The molecule has 3 unspecified atom stereocenters. The molecule has 1 N–H and O–H groups in total. The molecule has 0 spiro atoms. The van der Waals surface area contributed by atoms with E-state index in [1.807, 2.05) is 20.8 Å². The molecule has 3 atom stereocenters. The van der Waals surface area contributed by atoms with E-state index >= 15 is 0 Å². The second-order valence-electron chi connectivity index (χ2n) is 5.26. The van der Waals surface area contributed by atoms with Gasteiger partial charge in [0.2, 0.25) is 11.8 Å². The largest absolute Gasteiger partial charge is 0.342 e. The van der Waals surface area contributed by atoms with Gasteiger partial charge >= 0.3 is 0 Å². The quantitative estimate of drug-likeness (QED) is 0.815. The van der Waals surface area contributed by atoms with Gasteiger partial charge in [-0.05, 0) is 25.7 Å². The van der Waals surface area contributed by atoms with Gasteiger partial charge in [0.05, 0.1) is 0 Å². The molecular weight excluding hydrogens is 228 g/mol. The van der Waals surface area contributed by atoms with E-state index in [4.69, 9.17) is 0 Å². The Balaban J connectivity index is 2.98. The molecule has 18 heavy (non-hydrogen) atoms. The molecule has 4 nitrogen and oxygen atoms in total. The number of rotatable bonds is 5. The molecule has 4 heteroatoms. The maximum atomic E-state index is 12.6. The molecule has 1 aliphatic heterocycles. The van der Waals surface area contributed by atoms with E-state index in [-0.39, 0.29) is 35.9 Å². The van der Waals surface area contributed by atoms with Crippen molar-refractivity contribution >= 4 is 11.8 Å². The number of hydrogen-bond acceptors (Lipinski definition) is 2. The smallest absolute Gasteiger partial charge is 0.246 e. The van der Waals surface area contributed by atoms with Crippen LogP contribution in [-0.4, -0.2) is 34.8 Å². The van der Waals surface area contributed by atoms with E-state index in [0.29, 0.717) is 0 Å². The van der Waals surface area contributed by atoms with Crippen LogP contribution in [0.25, 0.3) is 0 Å². The summed E-state index contributed by atoms with van der Waals surface area (Å²) in [5.41, 5.74) is 0. The Bertz CT molecular complexity index is 313. The van der Waals surface area contributed by atoms with E-state index in [9.17, 15) is 9.59 Å². The summed E-state index contributed by atoms with van der Waals surface area (Å²) in [7, 11) is 0. The van der Waals surface area contributed by atoms with Gasteiger partial charge in [0.25, 0.3) is 0 Å². The number of nitrogens with one attached hydrogen (secondary N) is 1. The molecule has 0 aromatic carbocycles. The zero-order chi connectivity index (χ0) is 13.9. The minimum absolute atomic E-state index is 0.0215. The molecule has 1 heterocycles. The van der Waals surface area contributed by atoms with Crippen LogP contribution in [0.15, 0.2) is 0 Å². The molecule has 0 aliphatic carbocycles. The highest BCUT2D eigenvalue weighted by molar-refractivity contribution is 5.97. The second kappa shape index (κ2) is 6.21. The summed E-state index contributed by atoms with van der Waals surface area (Å²) in [4.78, 5) is 26.4. The normalized spacial score (nSPS) is 26.4. The van der Waals surface area contributed by atoms with Crippen LogP contribution in [0.1, 0.15) is 53.9 Å². The van der Waals surface area contributed by atoms with E-state index < -0.39 is 0 Å². The summed E-state index contributed by atoms with van der Waals surface area (Å²) >= 11 is 0. The number of carbonyl (C=O) groups excluding carboxylic acids is 2. The average Bonchev–Trinajstić information content (AvgIpc) is 2.37. The number of piperazine rings is 1. The van der Waals surface area contributed by atoms with Crippen molar-refractivity contribution in [2.75, 3.05) is 0 Å². The van der Waals surface area contributed by atoms with Gasteiger partial charge in [-0.1, -0.05) is 34.1 Å². The molecule has 0 aromatic heterocycles. The third-order valence-corrected chi connectivity index (χ3v) is 4.16. The molecule has 0 radical (unpaired) electrons. The molecule has 0 saturated carbocycles. The average molecular weight is 254 g/mol. The lowest BCUT2D eigenvalue weighted by Gasteiger charge is -2.43. The number of nitrogens with zero attached hydrogens (tertiary/aromatic N) is 1. The minimum atomic E-state index is -0.348. The Morgan fingerprint density at radius 1 is 1.17 bits per heavy atom. The second-order valence-corrected chi connectivity index (χ2v) is 5.26. The van der Waals surface area contributed by atoms with Crippen molar-refractivity contribution < 1.29 is 9.59 Å². The highest BCUT2D eigenvalue weighted by Gasteiger charge is 2.42. The van der Waals surface area contributed by atoms with Crippen molar-refractivity contribution in [3.8, 4) is 0 Å². The molecule has 0 bridgehead atoms. The lowest BCUT2D eigenvalue weighted by molar-refractivity contribution is -0.153. The van der Waals surface area contributed by atoms with Crippen LogP contribution in [0.2, 0.25) is 0 Å². The molecule has 1 fully saturated rings. The predicted octanol–water partition coefficient (Wildman–Crippen LogP) is 1.94. The van der Waals surface area contributed by atoms with Crippen molar-refractivity contribution in [1.29, 1.82) is 0 Å². The van der Waals surface area contributed by atoms with E-state index in [2.05, 4.69) is 19.2 Å². The van der Waals surface area contributed by atoms with Crippen LogP contribution in [0.4, 0.5) is 0 Å². The third kappa shape index (κ3) is 2.68. The Morgan fingerprint density at radius 3 is 2.17 bits per heavy atom. The van der Waals surface area contributed by atoms with E-state index in [1.54, 1.807) is 4.90 Å². The molecular formula is C14H26N2O2. The molecule has 2 amide bonds. The fourth-order valence-electron chi connectivity index (χ4n) is 2.61. The van der Waals surface area contributed by atoms with Gasteiger partial charge in [0.15, 0.2) is 0 Å². The molecule has 1 aliphatic rings. The lowest BCUT2D eigenvalue weighted by Crippen LogP contribution is -2.66. The van der Waals surface area contributed by atoms with Gasteiger partial charge in [-0.25, -0.2) is 0 Å². The Kier molecular flexibility index (Phi) is 5.17. The van der Waals surface area contributed by atoms with Crippen molar-refractivity contribution in [3.63, 3.8) is 0 Å². The standard InChI is InChI=1S/C14H26N2O2/c1-6-9(4)12-14(18)16(11(7-2)8-3)10(5)13(17)15-12/h9-12H,6-8H2,1-5H3,(H,15,17). The molecule has 104 valence electrons. The van der Waals surface area contributed by atoms with Gasteiger partial charge in [0, 0.05) is 6.04 Å². The minimum Gasteiger partial charge on any atom is -0.342 e. The number of carbonyl (C=O) groups is 2. The topological polar surface area (TPSA) is 49.4 Å². The molecule has 1 rings (SSSR count). The van der Waals surface area contributed by atoms with Gasteiger partial charge in [-0.15, -0.1) is 0 Å². The fraction of sp³-hybridized carbons (Fsp3) is 0.857. The summed E-state index contributed by atoms with van der Waals surface area (Å²) in [6.07, 6.45) is 2.68. The number of hydrogen-bond donors (Lipinski definition) is 1. The lowest BCUT2D eigenvalue weighted by atomic mass is 9.92. The van der Waals surface area contributed by atoms with Crippen LogP contribution in [0, 0.1) is 5.92 Å². The van der Waals surface area contributed by atoms with Crippen LogP contribution in [0.5, 0.6) is 0 Å². The van der Waals surface area contributed by atoms with E-state index in [1.165, 1.54) is 0 Å². The Labute approximate surface area is 110 Å². The molecule has 1 saturated heterocycles.